The van der Waals surface area contributed by atoms with Gasteiger partial charge in [-0.1, -0.05) is 76.8 Å². The molecule has 35 heavy (non-hydrogen) atoms. The molecule has 1 rings (SSSR count). The molecular weight excluding hydrogens is 481 g/mol. The van der Waals surface area contributed by atoms with Gasteiger partial charge in [0.2, 0.25) is 5.76 Å². The number of esters is 1. The zero-order valence-electron chi connectivity index (χ0n) is 20.9. The molecule has 1 aromatic rings. The van der Waals surface area contributed by atoms with E-state index in [0.717, 1.165) is 32.3 Å². The molecule has 0 aliphatic rings. The van der Waals surface area contributed by atoms with Crippen LogP contribution in [0.3, 0.4) is 0 Å². The Morgan fingerprint density at radius 2 is 1.43 bits per heavy atom. The van der Waals surface area contributed by atoms with E-state index in [9.17, 15) is 26.4 Å². The van der Waals surface area contributed by atoms with Crippen LogP contribution in [0.25, 0.3) is 0 Å². The predicted octanol–water partition coefficient (Wildman–Crippen LogP) is 6.95. The smallest absolute Gasteiger partial charge is 0.449 e. The molecule has 0 heterocycles. The normalized spacial score (nSPS) is 12.5. The van der Waals surface area contributed by atoms with Crippen LogP contribution in [0.5, 0.6) is 5.75 Å². The van der Waals surface area contributed by atoms with Crippen LogP contribution in [0, 0.1) is 0 Å². The van der Waals surface area contributed by atoms with Crippen molar-refractivity contribution in [3.05, 3.63) is 41.7 Å². The van der Waals surface area contributed by atoms with Gasteiger partial charge in [0.1, 0.15) is 12.4 Å². The van der Waals surface area contributed by atoms with Crippen molar-refractivity contribution in [2.24, 2.45) is 0 Å². The zero-order chi connectivity index (χ0) is 26.2. The van der Waals surface area contributed by atoms with Gasteiger partial charge in [-0.05, 0) is 36.6 Å². The van der Waals surface area contributed by atoms with Crippen LogP contribution in [0.4, 0.5) is 13.2 Å². The maximum Gasteiger partial charge on any atom is 0.449 e. The summed E-state index contributed by atoms with van der Waals surface area (Å²) in [5.74, 6) is -1.88. The van der Waals surface area contributed by atoms with Crippen LogP contribution in [0.1, 0.15) is 83.6 Å². The van der Waals surface area contributed by atoms with E-state index in [0.29, 0.717) is 17.7 Å². The highest BCUT2D eigenvalue weighted by Crippen LogP contribution is 2.27. The monoisotopic (exact) mass is 520 g/mol. The minimum absolute atomic E-state index is 0.0179. The number of halogens is 3. The summed E-state index contributed by atoms with van der Waals surface area (Å²) >= 11 is 0. The molecule has 0 N–H and O–H groups in total. The van der Waals surface area contributed by atoms with Gasteiger partial charge in [0.25, 0.3) is 0 Å². The van der Waals surface area contributed by atoms with Gasteiger partial charge in [0.05, 0.1) is 11.5 Å². The van der Waals surface area contributed by atoms with Gasteiger partial charge >= 0.3 is 12.1 Å². The third kappa shape index (κ3) is 15.6. The quantitative estimate of drug-likeness (QED) is 0.119. The third-order valence-corrected chi connectivity index (χ3v) is 7.15. The molecule has 0 unspecified atom stereocenters. The molecule has 0 fully saturated rings. The predicted molar refractivity (Wildman–Crippen MR) is 132 cm³/mol. The lowest BCUT2D eigenvalue weighted by Crippen LogP contribution is -2.17. The lowest BCUT2D eigenvalue weighted by Gasteiger charge is -2.11. The Morgan fingerprint density at radius 1 is 0.886 bits per heavy atom. The van der Waals surface area contributed by atoms with Crippen molar-refractivity contribution in [3.8, 4) is 5.75 Å². The molecule has 0 aliphatic heterocycles. The van der Waals surface area contributed by atoms with E-state index in [-0.39, 0.29) is 24.5 Å². The van der Waals surface area contributed by atoms with Gasteiger partial charge in [-0.25, -0.2) is 8.42 Å². The van der Waals surface area contributed by atoms with Gasteiger partial charge in [0, 0.05) is 6.92 Å². The second-order valence-electron chi connectivity index (χ2n) is 8.69. The van der Waals surface area contributed by atoms with Crippen LogP contribution in [0.15, 0.2) is 36.1 Å². The minimum Gasteiger partial charge on any atom is -0.493 e. The van der Waals surface area contributed by atoms with Crippen LogP contribution in [-0.2, 0) is 25.8 Å². The lowest BCUT2D eigenvalue weighted by atomic mass is 10.1. The number of rotatable bonds is 18. The molecule has 0 saturated carbocycles. The molecule has 0 amide bonds. The number of sulfone groups is 1. The first-order valence-corrected chi connectivity index (χ1v) is 14.2. The Bertz CT molecular complexity index is 862. The van der Waals surface area contributed by atoms with Gasteiger partial charge in [-0.3, -0.25) is 4.79 Å². The summed E-state index contributed by atoms with van der Waals surface area (Å²) in [6.07, 6.45) is 7.37. The van der Waals surface area contributed by atoms with E-state index in [1.165, 1.54) is 38.5 Å². The minimum atomic E-state index is -4.76. The fraction of sp³-hybridized carbons (Fsp3) is 0.654. The van der Waals surface area contributed by atoms with Gasteiger partial charge in [-0.15, -0.1) is 0 Å². The number of hydrogen-bond donors (Lipinski definition) is 0. The van der Waals surface area contributed by atoms with Gasteiger partial charge < -0.3 is 9.47 Å². The maximum absolute atomic E-state index is 12.9. The number of unbranched alkanes of at least 4 members (excludes halogenated alkanes) is 9. The highest BCUT2D eigenvalue weighted by atomic mass is 32.2. The molecule has 9 heteroatoms. The molecule has 0 aromatic heterocycles. The largest absolute Gasteiger partial charge is 0.493 e. The molecule has 5 nitrogen and oxygen atoms in total. The molecule has 0 radical (unpaired) electrons. The Hall–Kier alpha value is -2.03. The number of carbonyl (C=O) groups is 1. The summed E-state index contributed by atoms with van der Waals surface area (Å²) in [6, 6.07) is 6.28. The van der Waals surface area contributed by atoms with Crippen molar-refractivity contribution in [2.45, 2.75) is 90.7 Å². The van der Waals surface area contributed by atoms with Crippen LogP contribution in [0.2, 0.25) is 0 Å². The maximum atomic E-state index is 12.9. The summed E-state index contributed by atoms with van der Waals surface area (Å²) in [4.78, 5) is 10.9. The van der Waals surface area contributed by atoms with Crippen molar-refractivity contribution < 1.29 is 35.9 Å². The third-order valence-electron chi connectivity index (χ3n) is 5.45. The molecule has 200 valence electrons. The van der Waals surface area contributed by atoms with Crippen molar-refractivity contribution in [1.82, 2.24) is 0 Å². The Morgan fingerprint density at radius 3 is 1.94 bits per heavy atom. The summed E-state index contributed by atoms with van der Waals surface area (Å²) in [7, 11) is -3.19. The number of allylic oxidation sites excluding steroid dienone is 2. The van der Waals surface area contributed by atoms with E-state index in [2.05, 4.69) is 11.7 Å². The number of ether oxygens (including phenoxy) is 2. The standard InChI is InChI=1S/C26H39F3O5S/c1-3-4-5-6-7-8-9-10-11-12-20-35(31,32)21-19-33-24-16-13-23(14-17-24)15-18-25(26(27,28)29)34-22(2)30/h13-14,16-18H,3-12,15,19-21H2,1-2H3/b25-18-. The molecule has 1 aromatic carbocycles. The second kappa shape index (κ2) is 16.6. The summed E-state index contributed by atoms with van der Waals surface area (Å²) in [5, 5.41) is 0. The van der Waals surface area contributed by atoms with E-state index in [1.54, 1.807) is 24.3 Å². The van der Waals surface area contributed by atoms with Crippen molar-refractivity contribution in [3.63, 3.8) is 0 Å². The molecular formula is C26H39F3O5S. The highest BCUT2D eigenvalue weighted by Gasteiger charge is 2.36. The van der Waals surface area contributed by atoms with Crippen LogP contribution >= 0.6 is 0 Å². The average molecular weight is 521 g/mol. The van der Waals surface area contributed by atoms with Gasteiger partial charge in [-0.2, -0.15) is 13.2 Å². The summed E-state index contributed by atoms with van der Waals surface area (Å²) < 4.78 is 72.7. The Kier molecular flexibility index (Phi) is 14.7. The topological polar surface area (TPSA) is 69.7 Å². The van der Waals surface area contributed by atoms with E-state index in [4.69, 9.17) is 4.74 Å². The second-order valence-corrected chi connectivity index (χ2v) is 11.0. The first kappa shape index (κ1) is 31.0. The van der Waals surface area contributed by atoms with E-state index < -0.39 is 27.7 Å². The first-order chi connectivity index (χ1) is 16.5. The number of alkyl halides is 3. The lowest BCUT2D eigenvalue weighted by molar-refractivity contribution is -0.158. The Labute approximate surface area is 208 Å². The number of benzene rings is 1. The molecule has 0 bridgehead atoms. The number of hydrogen-bond acceptors (Lipinski definition) is 5. The Balaban J connectivity index is 2.29. The average Bonchev–Trinajstić information content (AvgIpc) is 2.77. The molecule has 0 saturated heterocycles. The molecule has 0 spiro atoms. The van der Waals surface area contributed by atoms with Crippen molar-refractivity contribution >= 4 is 15.8 Å². The van der Waals surface area contributed by atoms with E-state index in [1.807, 2.05) is 0 Å². The van der Waals surface area contributed by atoms with Gasteiger partial charge in [0.15, 0.2) is 9.84 Å². The number of carbonyl (C=O) groups excluding carboxylic acids is 1. The SMILES string of the molecule is CCCCCCCCCCCCS(=O)(=O)CCOc1ccc(C/C=C(\OC(C)=O)C(F)(F)F)cc1. The van der Waals surface area contributed by atoms with Crippen molar-refractivity contribution in [1.29, 1.82) is 0 Å². The molecule has 0 atom stereocenters. The van der Waals surface area contributed by atoms with Crippen LogP contribution in [-0.4, -0.2) is 38.7 Å². The van der Waals surface area contributed by atoms with E-state index >= 15 is 0 Å². The first-order valence-electron chi connectivity index (χ1n) is 12.4. The fourth-order valence-corrected chi connectivity index (χ4v) is 4.69. The molecule has 0 aliphatic carbocycles. The van der Waals surface area contributed by atoms with Crippen molar-refractivity contribution in [2.75, 3.05) is 18.1 Å². The summed E-state index contributed by atoms with van der Waals surface area (Å²) in [5.41, 5.74) is 0.555. The zero-order valence-corrected chi connectivity index (χ0v) is 21.7. The fourth-order valence-electron chi connectivity index (χ4n) is 3.50. The highest BCUT2D eigenvalue weighted by molar-refractivity contribution is 7.91. The summed E-state index contributed by atoms with van der Waals surface area (Å²) in [6.45, 7) is 3.13. The van der Waals surface area contributed by atoms with Crippen LogP contribution < -0.4 is 4.74 Å².